The molecule has 0 heterocycles. The number of hydrogen-bond acceptors (Lipinski definition) is 3. The Hall–Kier alpha value is 0.230. The molecule has 0 aliphatic heterocycles. The monoisotopic (exact) mass is 420 g/mol. The zero-order valence-electron chi connectivity index (χ0n) is 19.9. The molecule has 0 saturated heterocycles. The molecule has 0 aliphatic carbocycles. The fraction of sp³-hybridized carbons (Fsp3) is 1.00. The van der Waals surface area contributed by atoms with Crippen molar-refractivity contribution in [2.24, 2.45) is 5.92 Å². The molecule has 172 valence electrons. The highest BCUT2D eigenvalue weighted by Crippen LogP contribution is 2.53. The Morgan fingerprint density at radius 3 is 1.32 bits per heavy atom. The molecule has 1 atom stereocenters. The summed E-state index contributed by atoms with van der Waals surface area (Å²) in [5.74, 6) is 1.59. The predicted octanol–water partition coefficient (Wildman–Crippen LogP) is 8.76. The fourth-order valence-corrected chi connectivity index (χ4v) is 6.37. The molecular weight excluding hydrogens is 368 g/mol. The summed E-state index contributed by atoms with van der Waals surface area (Å²) in [5.41, 5.74) is 0. The second-order valence-electron chi connectivity index (χ2n) is 7.92. The van der Waals surface area contributed by atoms with Crippen LogP contribution in [0.4, 0.5) is 0 Å². The lowest BCUT2D eigenvalue weighted by molar-refractivity contribution is 0.180. The Morgan fingerprint density at radius 2 is 0.929 bits per heavy atom. The second kappa shape index (κ2) is 20.5. The van der Waals surface area contributed by atoms with Crippen molar-refractivity contribution in [3.63, 3.8) is 0 Å². The first-order valence-electron chi connectivity index (χ1n) is 12.4. The maximum Gasteiger partial charge on any atom is 0.0890 e. The topological polar surface area (TPSA) is 27.7 Å². The first-order chi connectivity index (χ1) is 13.7. The summed E-state index contributed by atoms with van der Waals surface area (Å²) in [5, 5.41) is 0. The molecule has 4 heteroatoms. The highest BCUT2D eigenvalue weighted by atomic mass is 32.3. The summed E-state index contributed by atoms with van der Waals surface area (Å²) >= 11 is 0. The molecule has 3 nitrogen and oxygen atoms in total. The average Bonchev–Trinajstić information content (AvgIpc) is 2.67. The van der Waals surface area contributed by atoms with Crippen LogP contribution in [-0.2, 0) is 12.5 Å². The van der Waals surface area contributed by atoms with Crippen LogP contribution in [0.5, 0.6) is 0 Å². The van der Waals surface area contributed by atoms with Gasteiger partial charge in [-0.05, 0) is 39.5 Å². The molecule has 0 saturated carbocycles. The quantitative estimate of drug-likeness (QED) is 0.164. The zero-order chi connectivity index (χ0) is 20.9. The van der Waals surface area contributed by atoms with E-state index in [0.29, 0.717) is 25.7 Å². The van der Waals surface area contributed by atoms with E-state index in [0.717, 1.165) is 5.75 Å². The van der Waals surface area contributed by atoms with Gasteiger partial charge in [0.25, 0.3) is 0 Å². The van der Waals surface area contributed by atoms with Crippen molar-refractivity contribution in [3.8, 4) is 0 Å². The van der Waals surface area contributed by atoms with Gasteiger partial charge < -0.3 is 0 Å². The zero-order valence-corrected chi connectivity index (χ0v) is 20.8. The molecule has 0 radical (unpaired) electrons. The van der Waals surface area contributed by atoms with Crippen molar-refractivity contribution < 1.29 is 12.5 Å². The van der Waals surface area contributed by atoms with Gasteiger partial charge in [0.15, 0.2) is 0 Å². The van der Waals surface area contributed by atoms with Crippen LogP contribution in [0.3, 0.4) is 0 Å². The minimum absolute atomic E-state index is 0.656. The Balaban J connectivity index is 4.08. The van der Waals surface area contributed by atoms with Crippen LogP contribution in [-0.4, -0.2) is 25.6 Å². The lowest BCUT2D eigenvalue weighted by Crippen LogP contribution is -2.22. The average molecular weight is 421 g/mol. The van der Waals surface area contributed by atoms with Gasteiger partial charge in [-0.2, -0.15) is 0 Å². The van der Waals surface area contributed by atoms with E-state index in [1.54, 1.807) is 0 Å². The lowest BCUT2D eigenvalue weighted by atomic mass is 9.97. The van der Waals surface area contributed by atoms with Gasteiger partial charge in [-0.1, -0.05) is 90.9 Å². The van der Waals surface area contributed by atoms with Gasteiger partial charge in [-0.15, -0.1) is 0 Å². The van der Waals surface area contributed by atoms with E-state index < -0.39 is 10.9 Å². The third-order valence-electron chi connectivity index (χ3n) is 5.24. The van der Waals surface area contributed by atoms with E-state index in [4.69, 9.17) is 12.5 Å². The fourth-order valence-electron chi connectivity index (χ4n) is 3.89. The molecule has 0 rings (SSSR count). The molecule has 28 heavy (non-hydrogen) atoms. The van der Waals surface area contributed by atoms with Gasteiger partial charge in [-0.25, -0.2) is 0 Å². The third-order valence-corrected chi connectivity index (χ3v) is 7.91. The predicted molar refractivity (Wildman–Crippen MR) is 127 cm³/mol. The SMILES string of the molecule is CCCCCCCCCCCCCC(CCC)CS(OCC)(OCC)OCC. The van der Waals surface area contributed by atoms with E-state index in [1.165, 1.54) is 89.9 Å². The van der Waals surface area contributed by atoms with Gasteiger partial charge in [-0.3, -0.25) is 12.5 Å². The van der Waals surface area contributed by atoms with E-state index in [-0.39, 0.29) is 0 Å². The van der Waals surface area contributed by atoms with Crippen LogP contribution >= 0.6 is 10.9 Å². The molecule has 0 fully saturated rings. The standard InChI is InChI=1S/C24H52O3S/c1-6-11-12-13-14-15-16-17-18-19-20-22-24(21-7-2)23-28(25-8-3,26-9-4)27-10-5/h24H,6-23H2,1-5H3. The molecule has 0 bridgehead atoms. The summed E-state index contributed by atoms with van der Waals surface area (Å²) < 4.78 is 18.1. The van der Waals surface area contributed by atoms with Crippen LogP contribution < -0.4 is 0 Å². The van der Waals surface area contributed by atoms with Crippen molar-refractivity contribution in [1.29, 1.82) is 0 Å². The van der Waals surface area contributed by atoms with E-state index in [9.17, 15) is 0 Å². The van der Waals surface area contributed by atoms with Crippen LogP contribution in [0.1, 0.15) is 125 Å². The summed E-state index contributed by atoms with van der Waals surface area (Å²) in [6, 6.07) is 0. The molecule has 0 N–H and O–H groups in total. The summed E-state index contributed by atoms with van der Waals surface area (Å²) in [6.45, 7) is 12.7. The number of unbranched alkanes of at least 4 members (excludes halogenated alkanes) is 10. The van der Waals surface area contributed by atoms with E-state index in [2.05, 4.69) is 13.8 Å². The smallest absolute Gasteiger partial charge is 0.0890 e. The van der Waals surface area contributed by atoms with Crippen molar-refractivity contribution in [2.45, 2.75) is 125 Å². The minimum atomic E-state index is -1.83. The molecule has 0 amide bonds. The molecule has 1 unspecified atom stereocenters. The summed E-state index contributed by atoms with van der Waals surface area (Å²) in [7, 11) is -1.83. The molecular formula is C24H52O3S. The van der Waals surface area contributed by atoms with Gasteiger partial charge in [0.1, 0.15) is 0 Å². The minimum Gasteiger partial charge on any atom is -0.293 e. The lowest BCUT2D eigenvalue weighted by Gasteiger charge is -2.39. The second-order valence-corrected chi connectivity index (χ2v) is 10.1. The van der Waals surface area contributed by atoms with Gasteiger partial charge in [0.05, 0.1) is 30.7 Å². The Bertz CT molecular complexity index is 295. The molecule has 0 spiro atoms. The first kappa shape index (κ1) is 28.2. The van der Waals surface area contributed by atoms with Crippen molar-refractivity contribution in [3.05, 3.63) is 0 Å². The largest absolute Gasteiger partial charge is 0.293 e. The van der Waals surface area contributed by atoms with E-state index >= 15 is 0 Å². The van der Waals surface area contributed by atoms with Crippen molar-refractivity contribution >= 4 is 10.9 Å². The van der Waals surface area contributed by atoms with Gasteiger partial charge in [0, 0.05) is 5.75 Å². The Labute approximate surface area is 179 Å². The number of rotatable bonds is 22. The maximum atomic E-state index is 6.03. The summed E-state index contributed by atoms with van der Waals surface area (Å²) in [4.78, 5) is 0. The number of hydrogen-bond donors (Lipinski definition) is 0. The van der Waals surface area contributed by atoms with Crippen LogP contribution in [0.15, 0.2) is 0 Å². The maximum absolute atomic E-state index is 6.03. The Morgan fingerprint density at radius 1 is 0.500 bits per heavy atom. The van der Waals surface area contributed by atoms with Crippen molar-refractivity contribution in [2.75, 3.05) is 25.6 Å². The Kier molecular flexibility index (Phi) is 20.7. The van der Waals surface area contributed by atoms with Gasteiger partial charge in [0.2, 0.25) is 0 Å². The first-order valence-corrected chi connectivity index (χ1v) is 14.0. The van der Waals surface area contributed by atoms with E-state index in [1.807, 2.05) is 20.8 Å². The third kappa shape index (κ3) is 15.1. The van der Waals surface area contributed by atoms with Crippen molar-refractivity contribution in [1.82, 2.24) is 0 Å². The van der Waals surface area contributed by atoms with Crippen LogP contribution in [0.2, 0.25) is 0 Å². The van der Waals surface area contributed by atoms with Gasteiger partial charge >= 0.3 is 0 Å². The molecule has 0 aromatic carbocycles. The normalized spacial score (nSPS) is 13.8. The molecule has 0 aromatic rings. The summed E-state index contributed by atoms with van der Waals surface area (Å²) in [6.07, 6.45) is 19.2. The molecule has 0 aliphatic rings. The highest BCUT2D eigenvalue weighted by molar-refractivity contribution is 8.21. The van der Waals surface area contributed by atoms with Crippen LogP contribution in [0.25, 0.3) is 0 Å². The van der Waals surface area contributed by atoms with Crippen LogP contribution in [0, 0.1) is 5.92 Å². The molecule has 0 aromatic heterocycles. The highest BCUT2D eigenvalue weighted by Gasteiger charge is 2.30.